The van der Waals surface area contributed by atoms with Crippen molar-refractivity contribution in [2.45, 2.75) is 39.7 Å². The second-order valence-electron chi connectivity index (χ2n) is 5.74. The standard InChI is InChI=1S/C16H21NO3/c1-6-11-10-17(15(18)20-16(2,3)4)14-8-7-12(19-5)9-13(11)14/h7-10H,6H2,1-5H3. The van der Waals surface area contributed by atoms with E-state index in [1.165, 1.54) is 0 Å². The van der Waals surface area contributed by atoms with Gasteiger partial charge in [-0.1, -0.05) is 6.92 Å². The molecule has 0 N–H and O–H groups in total. The van der Waals surface area contributed by atoms with E-state index in [4.69, 9.17) is 9.47 Å². The molecule has 1 aromatic carbocycles. The molecule has 0 radical (unpaired) electrons. The minimum Gasteiger partial charge on any atom is -0.497 e. The van der Waals surface area contributed by atoms with Crippen molar-refractivity contribution >= 4 is 17.0 Å². The molecule has 0 aliphatic rings. The summed E-state index contributed by atoms with van der Waals surface area (Å²) < 4.78 is 12.3. The molecular weight excluding hydrogens is 254 g/mol. The number of carbonyl (C=O) groups excluding carboxylic acids is 1. The summed E-state index contributed by atoms with van der Waals surface area (Å²) >= 11 is 0. The van der Waals surface area contributed by atoms with Crippen LogP contribution in [-0.4, -0.2) is 23.4 Å². The molecule has 20 heavy (non-hydrogen) atoms. The highest BCUT2D eigenvalue weighted by Crippen LogP contribution is 2.27. The Hall–Kier alpha value is -1.97. The topological polar surface area (TPSA) is 40.5 Å². The second kappa shape index (κ2) is 5.19. The lowest BCUT2D eigenvalue weighted by Crippen LogP contribution is -2.26. The van der Waals surface area contributed by atoms with Crippen molar-refractivity contribution in [2.24, 2.45) is 0 Å². The number of rotatable bonds is 2. The maximum Gasteiger partial charge on any atom is 0.419 e. The molecular formula is C16H21NO3. The SMILES string of the molecule is CCc1cn(C(=O)OC(C)(C)C)c2ccc(OC)cc12. The third-order valence-corrected chi connectivity index (χ3v) is 3.07. The predicted molar refractivity (Wildman–Crippen MR) is 79.5 cm³/mol. The number of ether oxygens (including phenoxy) is 2. The molecule has 0 unspecified atom stereocenters. The number of nitrogens with zero attached hydrogens (tertiary/aromatic N) is 1. The van der Waals surface area contributed by atoms with Crippen LogP contribution in [-0.2, 0) is 11.2 Å². The van der Waals surface area contributed by atoms with Crippen molar-refractivity contribution < 1.29 is 14.3 Å². The number of fused-ring (bicyclic) bond motifs is 1. The number of aromatic nitrogens is 1. The molecule has 1 heterocycles. The first-order chi connectivity index (χ1) is 9.35. The Labute approximate surface area is 119 Å². The molecule has 0 aliphatic carbocycles. The maximum atomic E-state index is 12.3. The van der Waals surface area contributed by atoms with Crippen LogP contribution < -0.4 is 4.74 Å². The molecule has 4 heteroatoms. The van der Waals surface area contributed by atoms with Crippen LogP contribution in [0, 0.1) is 0 Å². The zero-order valence-corrected chi connectivity index (χ0v) is 12.7. The van der Waals surface area contributed by atoms with E-state index < -0.39 is 5.60 Å². The molecule has 0 atom stereocenters. The van der Waals surface area contributed by atoms with E-state index >= 15 is 0 Å². The third kappa shape index (κ3) is 2.79. The summed E-state index contributed by atoms with van der Waals surface area (Å²) in [6, 6.07) is 5.69. The Balaban J connectivity index is 2.52. The van der Waals surface area contributed by atoms with E-state index in [-0.39, 0.29) is 6.09 Å². The van der Waals surface area contributed by atoms with Crippen LogP contribution in [0.5, 0.6) is 5.75 Å². The maximum absolute atomic E-state index is 12.3. The first kappa shape index (κ1) is 14.4. The quantitative estimate of drug-likeness (QED) is 0.832. The first-order valence-electron chi connectivity index (χ1n) is 6.77. The van der Waals surface area contributed by atoms with Gasteiger partial charge in [0.1, 0.15) is 11.4 Å². The van der Waals surface area contributed by atoms with Crippen molar-refractivity contribution in [2.75, 3.05) is 7.11 Å². The third-order valence-electron chi connectivity index (χ3n) is 3.07. The second-order valence-corrected chi connectivity index (χ2v) is 5.74. The highest BCUT2D eigenvalue weighted by molar-refractivity contribution is 5.92. The predicted octanol–water partition coefficient (Wildman–Crippen LogP) is 4.00. The summed E-state index contributed by atoms with van der Waals surface area (Å²) in [5.74, 6) is 0.786. The van der Waals surface area contributed by atoms with Crippen LogP contribution in [0.3, 0.4) is 0 Å². The van der Waals surface area contributed by atoms with Crippen LogP contribution in [0.1, 0.15) is 33.3 Å². The van der Waals surface area contributed by atoms with E-state index in [0.29, 0.717) is 0 Å². The van der Waals surface area contributed by atoms with Gasteiger partial charge in [0.2, 0.25) is 0 Å². The fourth-order valence-electron chi connectivity index (χ4n) is 2.15. The number of carbonyl (C=O) groups is 1. The number of hydrogen-bond acceptors (Lipinski definition) is 3. The van der Waals surface area contributed by atoms with Crippen LogP contribution in [0.4, 0.5) is 4.79 Å². The summed E-state index contributed by atoms with van der Waals surface area (Å²) in [7, 11) is 1.64. The molecule has 0 saturated heterocycles. The first-order valence-corrected chi connectivity index (χ1v) is 6.77. The monoisotopic (exact) mass is 275 g/mol. The van der Waals surface area contributed by atoms with Gasteiger partial charge in [-0.05, 0) is 51.0 Å². The van der Waals surface area contributed by atoms with Gasteiger partial charge in [-0.3, -0.25) is 4.57 Å². The minimum absolute atomic E-state index is 0.354. The smallest absolute Gasteiger partial charge is 0.419 e. The van der Waals surface area contributed by atoms with Gasteiger partial charge in [0.15, 0.2) is 0 Å². The lowest BCUT2D eigenvalue weighted by atomic mass is 10.1. The molecule has 0 fully saturated rings. The largest absolute Gasteiger partial charge is 0.497 e. The van der Waals surface area contributed by atoms with Crippen molar-refractivity contribution in [1.29, 1.82) is 0 Å². The summed E-state index contributed by atoms with van der Waals surface area (Å²) in [5.41, 5.74) is 1.44. The molecule has 0 spiro atoms. The molecule has 0 aliphatic heterocycles. The summed E-state index contributed by atoms with van der Waals surface area (Å²) in [6.45, 7) is 7.65. The summed E-state index contributed by atoms with van der Waals surface area (Å²) in [4.78, 5) is 12.3. The van der Waals surface area contributed by atoms with Gasteiger partial charge >= 0.3 is 6.09 Å². The molecule has 4 nitrogen and oxygen atoms in total. The van der Waals surface area contributed by atoms with Crippen molar-refractivity contribution in [3.8, 4) is 5.75 Å². The van der Waals surface area contributed by atoms with E-state index in [1.54, 1.807) is 11.7 Å². The van der Waals surface area contributed by atoms with Gasteiger partial charge in [0.25, 0.3) is 0 Å². The van der Waals surface area contributed by atoms with Crippen LogP contribution in [0.15, 0.2) is 24.4 Å². The van der Waals surface area contributed by atoms with E-state index in [1.807, 2.05) is 45.2 Å². The van der Waals surface area contributed by atoms with Crippen LogP contribution in [0.25, 0.3) is 10.9 Å². The lowest BCUT2D eigenvalue weighted by molar-refractivity contribution is 0.0544. The molecule has 2 aromatic rings. The number of benzene rings is 1. The zero-order chi connectivity index (χ0) is 14.9. The molecule has 0 amide bonds. The van der Waals surface area contributed by atoms with E-state index in [0.717, 1.165) is 28.6 Å². The highest BCUT2D eigenvalue weighted by atomic mass is 16.6. The Bertz CT molecular complexity index is 635. The fraction of sp³-hybridized carbons (Fsp3) is 0.438. The van der Waals surface area contributed by atoms with Crippen LogP contribution in [0.2, 0.25) is 0 Å². The molecule has 108 valence electrons. The highest BCUT2D eigenvalue weighted by Gasteiger charge is 2.20. The lowest BCUT2D eigenvalue weighted by Gasteiger charge is -2.19. The molecule has 1 aromatic heterocycles. The van der Waals surface area contributed by atoms with Crippen molar-refractivity contribution in [3.05, 3.63) is 30.0 Å². The van der Waals surface area contributed by atoms with Crippen molar-refractivity contribution in [1.82, 2.24) is 4.57 Å². The van der Waals surface area contributed by atoms with Gasteiger partial charge in [-0.25, -0.2) is 4.79 Å². The molecule has 2 rings (SSSR count). The minimum atomic E-state index is -0.507. The normalized spacial score (nSPS) is 11.7. The Kier molecular flexibility index (Phi) is 3.75. The summed E-state index contributed by atoms with van der Waals surface area (Å²) in [5, 5.41) is 1.03. The van der Waals surface area contributed by atoms with Gasteiger partial charge in [0.05, 0.1) is 12.6 Å². The molecule has 0 saturated carbocycles. The van der Waals surface area contributed by atoms with Gasteiger partial charge < -0.3 is 9.47 Å². The van der Waals surface area contributed by atoms with E-state index in [9.17, 15) is 4.79 Å². The van der Waals surface area contributed by atoms with Gasteiger partial charge in [-0.2, -0.15) is 0 Å². The van der Waals surface area contributed by atoms with Crippen LogP contribution >= 0.6 is 0 Å². The Morgan fingerprint density at radius 3 is 2.55 bits per heavy atom. The zero-order valence-electron chi connectivity index (χ0n) is 12.7. The Morgan fingerprint density at radius 1 is 1.30 bits per heavy atom. The summed E-state index contributed by atoms with van der Waals surface area (Å²) in [6.07, 6.45) is 2.34. The number of aryl methyl sites for hydroxylation is 1. The van der Waals surface area contributed by atoms with E-state index in [2.05, 4.69) is 6.92 Å². The average molecular weight is 275 g/mol. The molecule has 0 bridgehead atoms. The van der Waals surface area contributed by atoms with Gasteiger partial charge in [0, 0.05) is 11.6 Å². The fourth-order valence-corrected chi connectivity index (χ4v) is 2.15. The Morgan fingerprint density at radius 2 is 2.00 bits per heavy atom. The average Bonchev–Trinajstić information content (AvgIpc) is 2.74. The number of methoxy groups -OCH3 is 1. The number of hydrogen-bond donors (Lipinski definition) is 0. The van der Waals surface area contributed by atoms with Gasteiger partial charge in [-0.15, -0.1) is 0 Å². The van der Waals surface area contributed by atoms with Crippen molar-refractivity contribution in [3.63, 3.8) is 0 Å².